The molecule has 3 heterocycles. The molecule has 1 aromatic heterocycles. The SMILES string of the molecule is Cc1ccc(CCC(=O)N2CCC([C@@H]3CC[C@H](C(=O)O)O3)CC2)o1. The Balaban J connectivity index is 1.41. The first-order valence-electron chi connectivity index (χ1n) is 8.74. The number of likely N-dealkylation sites (tertiary alicyclic amines) is 1. The van der Waals surface area contributed by atoms with Crippen molar-refractivity contribution in [2.45, 2.75) is 57.7 Å². The lowest BCUT2D eigenvalue weighted by molar-refractivity contribution is -0.151. The van der Waals surface area contributed by atoms with Crippen LogP contribution in [0.2, 0.25) is 0 Å². The van der Waals surface area contributed by atoms with Crippen molar-refractivity contribution in [3.63, 3.8) is 0 Å². The van der Waals surface area contributed by atoms with Crippen molar-refractivity contribution in [3.05, 3.63) is 23.7 Å². The Hall–Kier alpha value is -1.82. The largest absolute Gasteiger partial charge is 0.479 e. The quantitative estimate of drug-likeness (QED) is 0.894. The smallest absolute Gasteiger partial charge is 0.332 e. The second kappa shape index (κ2) is 7.38. The van der Waals surface area contributed by atoms with Gasteiger partial charge in [-0.25, -0.2) is 4.79 Å². The van der Waals surface area contributed by atoms with Crippen molar-refractivity contribution in [3.8, 4) is 0 Å². The lowest BCUT2D eigenvalue weighted by atomic mass is 9.89. The van der Waals surface area contributed by atoms with Crippen LogP contribution in [0.5, 0.6) is 0 Å². The zero-order valence-corrected chi connectivity index (χ0v) is 14.1. The van der Waals surface area contributed by atoms with Crippen molar-refractivity contribution in [2.24, 2.45) is 5.92 Å². The van der Waals surface area contributed by atoms with Gasteiger partial charge in [-0.3, -0.25) is 4.79 Å². The van der Waals surface area contributed by atoms with E-state index in [1.165, 1.54) is 0 Å². The second-order valence-electron chi connectivity index (χ2n) is 6.81. The Morgan fingerprint density at radius 3 is 2.54 bits per heavy atom. The van der Waals surface area contributed by atoms with Gasteiger partial charge in [0.15, 0.2) is 6.10 Å². The van der Waals surface area contributed by atoms with E-state index in [2.05, 4.69) is 0 Å². The van der Waals surface area contributed by atoms with E-state index in [9.17, 15) is 9.59 Å². The molecule has 2 aliphatic heterocycles. The van der Waals surface area contributed by atoms with Gasteiger partial charge in [-0.05, 0) is 50.7 Å². The Morgan fingerprint density at radius 2 is 1.96 bits per heavy atom. The van der Waals surface area contributed by atoms with Gasteiger partial charge in [0.05, 0.1) is 6.10 Å². The maximum absolute atomic E-state index is 12.3. The number of ether oxygens (including phenoxy) is 1. The van der Waals surface area contributed by atoms with Crippen LogP contribution in [0, 0.1) is 12.8 Å². The predicted molar refractivity (Wildman–Crippen MR) is 86.6 cm³/mol. The number of aryl methyl sites for hydroxylation is 2. The highest BCUT2D eigenvalue weighted by Crippen LogP contribution is 2.32. The molecular formula is C18H25NO5. The Morgan fingerprint density at radius 1 is 1.21 bits per heavy atom. The number of rotatable bonds is 5. The highest BCUT2D eigenvalue weighted by atomic mass is 16.5. The Labute approximate surface area is 141 Å². The van der Waals surface area contributed by atoms with Gasteiger partial charge in [-0.15, -0.1) is 0 Å². The molecular weight excluding hydrogens is 310 g/mol. The number of carbonyl (C=O) groups is 2. The van der Waals surface area contributed by atoms with Crippen LogP contribution in [0.1, 0.15) is 43.6 Å². The first kappa shape index (κ1) is 17.0. The minimum atomic E-state index is -0.863. The Bertz CT molecular complexity index is 588. The summed E-state index contributed by atoms with van der Waals surface area (Å²) in [5.74, 6) is 1.40. The number of hydrogen-bond acceptors (Lipinski definition) is 4. The van der Waals surface area contributed by atoms with Gasteiger partial charge < -0.3 is 19.2 Å². The standard InChI is InChI=1S/C18H25NO5/c1-12-2-3-14(23-12)4-7-17(20)19-10-8-13(9-11-19)15-5-6-16(24-15)18(21)22/h2-3,13,15-16H,4-11H2,1H3,(H,21,22)/t15-,16+/m0/s1. The number of amides is 1. The molecule has 6 nitrogen and oxygen atoms in total. The number of carbonyl (C=O) groups excluding carboxylic acids is 1. The fourth-order valence-electron chi connectivity index (χ4n) is 3.72. The third-order valence-corrected chi connectivity index (χ3v) is 5.13. The van der Waals surface area contributed by atoms with Gasteiger partial charge in [-0.2, -0.15) is 0 Å². The van der Waals surface area contributed by atoms with Gasteiger partial charge in [0.25, 0.3) is 0 Å². The molecule has 0 spiro atoms. The average molecular weight is 335 g/mol. The molecule has 2 saturated heterocycles. The number of hydrogen-bond donors (Lipinski definition) is 1. The van der Waals surface area contributed by atoms with Gasteiger partial charge in [-0.1, -0.05) is 0 Å². The van der Waals surface area contributed by atoms with Crippen molar-refractivity contribution >= 4 is 11.9 Å². The molecule has 6 heteroatoms. The van der Waals surface area contributed by atoms with Crippen LogP contribution in [0.3, 0.4) is 0 Å². The highest BCUT2D eigenvalue weighted by Gasteiger charge is 2.37. The summed E-state index contributed by atoms with van der Waals surface area (Å²) >= 11 is 0. The Kier molecular flexibility index (Phi) is 5.23. The van der Waals surface area contributed by atoms with Gasteiger partial charge >= 0.3 is 5.97 Å². The summed E-state index contributed by atoms with van der Waals surface area (Å²) < 4.78 is 11.2. The van der Waals surface area contributed by atoms with E-state index < -0.39 is 12.1 Å². The zero-order chi connectivity index (χ0) is 17.1. The molecule has 0 saturated carbocycles. The summed E-state index contributed by atoms with van der Waals surface area (Å²) in [6.07, 6.45) is 3.69. The molecule has 2 atom stereocenters. The van der Waals surface area contributed by atoms with Crippen LogP contribution in [0.4, 0.5) is 0 Å². The molecule has 0 bridgehead atoms. The summed E-state index contributed by atoms with van der Waals surface area (Å²) in [6, 6.07) is 3.84. The molecule has 1 amide bonds. The summed E-state index contributed by atoms with van der Waals surface area (Å²) in [6.45, 7) is 3.37. The highest BCUT2D eigenvalue weighted by molar-refractivity contribution is 5.76. The van der Waals surface area contributed by atoms with Crippen LogP contribution < -0.4 is 0 Å². The van der Waals surface area contributed by atoms with E-state index >= 15 is 0 Å². The maximum Gasteiger partial charge on any atom is 0.332 e. The molecule has 0 aliphatic carbocycles. The van der Waals surface area contributed by atoms with Gasteiger partial charge in [0, 0.05) is 25.9 Å². The molecule has 1 aromatic rings. The summed E-state index contributed by atoms with van der Waals surface area (Å²) in [4.78, 5) is 25.2. The topological polar surface area (TPSA) is 80.0 Å². The average Bonchev–Trinajstić information content (AvgIpc) is 3.22. The fourth-order valence-corrected chi connectivity index (χ4v) is 3.72. The second-order valence-corrected chi connectivity index (χ2v) is 6.81. The van der Waals surface area contributed by atoms with E-state index in [0.717, 1.165) is 43.9 Å². The minimum absolute atomic E-state index is 0.0365. The predicted octanol–water partition coefficient (Wildman–Crippen LogP) is 2.39. The minimum Gasteiger partial charge on any atom is -0.479 e. The molecule has 0 unspecified atom stereocenters. The zero-order valence-electron chi connectivity index (χ0n) is 14.1. The van der Waals surface area contributed by atoms with Crippen LogP contribution in [0.15, 0.2) is 16.5 Å². The molecule has 3 rings (SSSR count). The molecule has 2 aliphatic rings. The first-order chi connectivity index (χ1) is 11.5. The lowest BCUT2D eigenvalue weighted by Crippen LogP contribution is -2.41. The molecule has 2 fully saturated rings. The van der Waals surface area contributed by atoms with Crippen molar-refractivity contribution < 1.29 is 23.8 Å². The van der Waals surface area contributed by atoms with Crippen molar-refractivity contribution in [1.82, 2.24) is 4.90 Å². The third-order valence-electron chi connectivity index (χ3n) is 5.13. The first-order valence-corrected chi connectivity index (χ1v) is 8.74. The molecule has 1 N–H and O–H groups in total. The normalized spacial score (nSPS) is 25.1. The number of nitrogens with zero attached hydrogens (tertiary/aromatic N) is 1. The van der Waals surface area contributed by atoms with Gasteiger partial charge in [0.2, 0.25) is 5.91 Å². The van der Waals surface area contributed by atoms with Crippen LogP contribution in [-0.2, 0) is 20.7 Å². The number of aliphatic carboxylic acids is 1. The monoisotopic (exact) mass is 335 g/mol. The summed E-state index contributed by atoms with van der Waals surface area (Å²) in [5.41, 5.74) is 0. The maximum atomic E-state index is 12.3. The van der Waals surface area contributed by atoms with E-state index in [0.29, 0.717) is 25.2 Å². The van der Waals surface area contributed by atoms with E-state index in [4.69, 9.17) is 14.3 Å². The van der Waals surface area contributed by atoms with Crippen LogP contribution in [-0.4, -0.2) is 47.2 Å². The van der Waals surface area contributed by atoms with E-state index in [-0.39, 0.29) is 12.0 Å². The van der Waals surface area contributed by atoms with E-state index in [1.54, 1.807) is 0 Å². The number of piperidine rings is 1. The fraction of sp³-hybridized carbons (Fsp3) is 0.667. The summed E-state index contributed by atoms with van der Waals surface area (Å²) in [7, 11) is 0. The van der Waals surface area contributed by atoms with Crippen LogP contribution in [0.25, 0.3) is 0 Å². The van der Waals surface area contributed by atoms with Crippen molar-refractivity contribution in [1.29, 1.82) is 0 Å². The summed E-state index contributed by atoms with van der Waals surface area (Å²) in [5, 5.41) is 9.01. The van der Waals surface area contributed by atoms with Crippen LogP contribution >= 0.6 is 0 Å². The third kappa shape index (κ3) is 3.98. The number of carboxylic acid groups (broad SMARTS) is 1. The molecule has 0 radical (unpaired) electrons. The number of carboxylic acids is 1. The molecule has 0 aromatic carbocycles. The molecule has 132 valence electrons. The number of furan rings is 1. The molecule has 24 heavy (non-hydrogen) atoms. The van der Waals surface area contributed by atoms with Crippen molar-refractivity contribution in [2.75, 3.05) is 13.1 Å². The lowest BCUT2D eigenvalue weighted by Gasteiger charge is -2.34. The van der Waals surface area contributed by atoms with Gasteiger partial charge in [0.1, 0.15) is 11.5 Å². The van der Waals surface area contributed by atoms with E-state index in [1.807, 2.05) is 24.0 Å².